The molecule has 0 unspecified atom stereocenters. The largest absolute Gasteiger partial charge is 0.493 e. The molecule has 0 saturated heterocycles. The standard InChI is InChI=1S/C42H42N2O6/c1-47-37-21-33(19-31-15-17-41(45)43(27-31)25-29-11-7-5-8-12-29)35(23-39(37)49-3)36-24-40(50-4)38(48-2)22-34(36)20-32-16-18-42(46)44(28-32)26-30-13-9-6-10-14-30/h5-15,17,21-24,27-28H,16,18-20,25-26H2,1-4H3. The molecule has 5 aromatic rings. The Bertz CT molecular complexity index is 2050. The Hall–Kier alpha value is -5.76. The number of hydrogen-bond donors (Lipinski definition) is 0. The number of rotatable bonds is 13. The summed E-state index contributed by atoms with van der Waals surface area (Å²) in [5.41, 5.74) is 8.07. The summed E-state index contributed by atoms with van der Waals surface area (Å²) in [5, 5.41) is 0. The molecule has 0 atom stereocenters. The quantitative estimate of drug-likeness (QED) is 0.130. The predicted molar refractivity (Wildman–Crippen MR) is 195 cm³/mol. The Morgan fingerprint density at radius 2 is 1.08 bits per heavy atom. The number of amides is 1. The molecule has 50 heavy (non-hydrogen) atoms. The van der Waals surface area contributed by atoms with Crippen LogP contribution in [0.5, 0.6) is 23.0 Å². The minimum Gasteiger partial charge on any atom is -0.493 e. The average molecular weight is 671 g/mol. The number of nitrogens with zero attached hydrogens (tertiary/aromatic N) is 2. The zero-order valence-corrected chi connectivity index (χ0v) is 29.0. The highest BCUT2D eigenvalue weighted by Gasteiger charge is 2.23. The predicted octanol–water partition coefficient (Wildman–Crippen LogP) is 7.44. The van der Waals surface area contributed by atoms with E-state index >= 15 is 0 Å². The number of carbonyl (C=O) groups excluding carboxylic acids is 1. The number of aromatic nitrogens is 1. The van der Waals surface area contributed by atoms with Gasteiger partial charge >= 0.3 is 0 Å². The molecule has 0 bridgehead atoms. The average Bonchev–Trinajstić information content (AvgIpc) is 3.15. The molecule has 0 N–H and O–H groups in total. The lowest BCUT2D eigenvalue weighted by molar-refractivity contribution is -0.129. The van der Waals surface area contributed by atoms with Gasteiger partial charge < -0.3 is 28.4 Å². The number of benzene rings is 4. The highest BCUT2D eigenvalue weighted by molar-refractivity contribution is 5.80. The second-order valence-electron chi connectivity index (χ2n) is 12.4. The SMILES string of the molecule is COc1cc(CC2=CN(Cc3ccccc3)C(=O)CC2)c(-c2cc(OC)c(OC)cc2Cc2ccc(=O)n(Cc3ccccc3)c2)cc1OC. The highest BCUT2D eigenvalue weighted by Crippen LogP contribution is 2.43. The van der Waals surface area contributed by atoms with E-state index in [0.29, 0.717) is 61.8 Å². The van der Waals surface area contributed by atoms with Crippen molar-refractivity contribution in [3.63, 3.8) is 0 Å². The maximum absolute atomic E-state index is 13.0. The molecule has 1 aromatic heterocycles. The first-order valence-electron chi connectivity index (χ1n) is 16.7. The molecule has 0 radical (unpaired) electrons. The molecule has 1 amide bonds. The van der Waals surface area contributed by atoms with Crippen LogP contribution in [0.2, 0.25) is 0 Å². The number of pyridine rings is 1. The van der Waals surface area contributed by atoms with Gasteiger partial charge in [-0.2, -0.15) is 0 Å². The fraction of sp³-hybridized carbons (Fsp3) is 0.238. The fourth-order valence-electron chi connectivity index (χ4n) is 6.51. The maximum Gasteiger partial charge on any atom is 0.250 e. The summed E-state index contributed by atoms with van der Waals surface area (Å²) in [7, 11) is 6.51. The molecule has 0 spiro atoms. The summed E-state index contributed by atoms with van der Waals surface area (Å²) in [4.78, 5) is 27.7. The first-order chi connectivity index (χ1) is 24.4. The number of hydrogen-bond acceptors (Lipinski definition) is 6. The van der Waals surface area contributed by atoms with Crippen molar-refractivity contribution in [3.8, 4) is 34.1 Å². The number of carbonyl (C=O) groups is 1. The molecule has 6 rings (SSSR count). The van der Waals surface area contributed by atoms with Gasteiger partial charge in [0.25, 0.3) is 5.56 Å². The molecule has 8 nitrogen and oxygen atoms in total. The fourth-order valence-corrected chi connectivity index (χ4v) is 6.51. The monoisotopic (exact) mass is 670 g/mol. The lowest BCUT2D eigenvalue weighted by atomic mass is 9.88. The van der Waals surface area contributed by atoms with Crippen LogP contribution in [-0.4, -0.2) is 43.8 Å². The lowest BCUT2D eigenvalue weighted by Crippen LogP contribution is -2.29. The van der Waals surface area contributed by atoms with Crippen LogP contribution in [0.4, 0.5) is 0 Å². The molecule has 4 aromatic carbocycles. The third kappa shape index (κ3) is 7.76. The Morgan fingerprint density at radius 1 is 0.560 bits per heavy atom. The van der Waals surface area contributed by atoms with Crippen molar-refractivity contribution < 1.29 is 23.7 Å². The van der Waals surface area contributed by atoms with E-state index in [-0.39, 0.29) is 11.5 Å². The van der Waals surface area contributed by atoms with Crippen molar-refractivity contribution in [1.29, 1.82) is 0 Å². The Kier molecular flexibility index (Phi) is 10.7. The molecule has 0 fully saturated rings. The van der Waals surface area contributed by atoms with Gasteiger partial charge in [0.15, 0.2) is 23.0 Å². The number of allylic oxidation sites excluding steroid dienone is 1. The van der Waals surface area contributed by atoms with Gasteiger partial charge in [-0.15, -0.1) is 0 Å². The summed E-state index contributed by atoms with van der Waals surface area (Å²) in [5.74, 6) is 2.53. The number of methoxy groups -OCH3 is 4. The first-order valence-corrected chi connectivity index (χ1v) is 16.7. The van der Waals surface area contributed by atoms with Crippen LogP contribution in [0.25, 0.3) is 11.1 Å². The van der Waals surface area contributed by atoms with E-state index < -0.39 is 0 Å². The van der Waals surface area contributed by atoms with Crippen LogP contribution in [-0.2, 0) is 30.7 Å². The third-order valence-corrected chi connectivity index (χ3v) is 9.08. The molecule has 256 valence electrons. The van der Waals surface area contributed by atoms with Crippen molar-refractivity contribution in [2.24, 2.45) is 0 Å². The second kappa shape index (κ2) is 15.6. The molecule has 1 aliphatic heterocycles. The van der Waals surface area contributed by atoms with Gasteiger partial charge in [-0.25, -0.2) is 0 Å². The van der Waals surface area contributed by atoms with E-state index in [1.165, 1.54) is 0 Å². The van der Waals surface area contributed by atoms with E-state index in [2.05, 4.69) is 0 Å². The van der Waals surface area contributed by atoms with E-state index in [9.17, 15) is 9.59 Å². The summed E-state index contributed by atoms with van der Waals surface area (Å²) in [6, 6.07) is 31.5. The van der Waals surface area contributed by atoms with Crippen LogP contribution < -0.4 is 24.5 Å². The second-order valence-corrected chi connectivity index (χ2v) is 12.4. The van der Waals surface area contributed by atoms with Crippen molar-refractivity contribution >= 4 is 5.91 Å². The Morgan fingerprint density at radius 3 is 1.64 bits per heavy atom. The summed E-state index contributed by atoms with van der Waals surface area (Å²) >= 11 is 0. The van der Waals surface area contributed by atoms with Crippen LogP contribution in [0.3, 0.4) is 0 Å². The van der Waals surface area contributed by atoms with E-state index in [4.69, 9.17) is 18.9 Å². The minimum atomic E-state index is -0.0622. The third-order valence-electron chi connectivity index (χ3n) is 9.08. The topological polar surface area (TPSA) is 79.2 Å². The van der Waals surface area contributed by atoms with Crippen LogP contribution in [0, 0.1) is 0 Å². The molecular formula is C42H42N2O6. The molecule has 8 heteroatoms. The van der Waals surface area contributed by atoms with Crippen LogP contribution >= 0.6 is 0 Å². The summed E-state index contributed by atoms with van der Waals surface area (Å²) in [6.45, 7) is 0.999. The van der Waals surface area contributed by atoms with Crippen molar-refractivity contribution in [3.05, 3.63) is 153 Å². The van der Waals surface area contributed by atoms with E-state index in [0.717, 1.165) is 44.5 Å². The van der Waals surface area contributed by atoms with Gasteiger partial charge in [0.05, 0.1) is 41.5 Å². The maximum atomic E-state index is 13.0. The van der Waals surface area contributed by atoms with Gasteiger partial charge in [-0.05, 0) is 88.0 Å². The normalized spacial score (nSPS) is 12.8. The van der Waals surface area contributed by atoms with Gasteiger partial charge in [-0.3, -0.25) is 9.59 Å². The molecular weight excluding hydrogens is 628 g/mol. The molecule has 0 aliphatic carbocycles. The van der Waals surface area contributed by atoms with E-state index in [1.807, 2.05) is 108 Å². The van der Waals surface area contributed by atoms with Gasteiger partial charge in [-0.1, -0.05) is 66.7 Å². The van der Waals surface area contributed by atoms with Gasteiger partial charge in [0, 0.05) is 24.9 Å². The molecule has 2 heterocycles. The smallest absolute Gasteiger partial charge is 0.250 e. The van der Waals surface area contributed by atoms with Gasteiger partial charge in [0.1, 0.15) is 0 Å². The van der Waals surface area contributed by atoms with Crippen LogP contribution in [0.15, 0.2) is 120 Å². The number of ether oxygens (including phenoxy) is 4. The van der Waals surface area contributed by atoms with E-state index in [1.54, 1.807) is 39.1 Å². The lowest BCUT2D eigenvalue weighted by Gasteiger charge is -2.26. The van der Waals surface area contributed by atoms with Crippen molar-refractivity contribution in [2.45, 2.75) is 38.8 Å². The summed E-state index contributed by atoms with van der Waals surface area (Å²) < 4.78 is 24.9. The van der Waals surface area contributed by atoms with Crippen molar-refractivity contribution in [1.82, 2.24) is 9.47 Å². The van der Waals surface area contributed by atoms with Crippen molar-refractivity contribution in [2.75, 3.05) is 28.4 Å². The van der Waals surface area contributed by atoms with Crippen LogP contribution in [0.1, 0.15) is 40.7 Å². The zero-order valence-electron chi connectivity index (χ0n) is 29.0. The molecule has 0 saturated carbocycles. The molecule has 1 aliphatic rings. The van der Waals surface area contributed by atoms with Gasteiger partial charge in [0.2, 0.25) is 5.91 Å². The highest BCUT2D eigenvalue weighted by atomic mass is 16.5. The Balaban J connectivity index is 1.43. The zero-order chi connectivity index (χ0) is 35.0. The summed E-state index contributed by atoms with van der Waals surface area (Å²) in [6.07, 6.45) is 6.17. The minimum absolute atomic E-state index is 0.0622. The Labute approximate surface area is 293 Å². The first kappa shape index (κ1) is 34.1.